The third kappa shape index (κ3) is 4.35. The fourth-order valence-electron chi connectivity index (χ4n) is 1.37. The molecule has 0 unspecified atom stereocenters. The van der Waals surface area contributed by atoms with Gasteiger partial charge in [-0.2, -0.15) is 5.26 Å². The lowest BCUT2D eigenvalue weighted by Gasteiger charge is -2.14. The summed E-state index contributed by atoms with van der Waals surface area (Å²) < 4.78 is 24.5. The summed E-state index contributed by atoms with van der Waals surface area (Å²) >= 11 is 11.8. The van der Waals surface area contributed by atoms with Gasteiger partial charge < -0.3 is 5.32 Å². The van der Waals surface area contributed by atoms with Crippen LogP contribution in [0.15, 0.2) is 18.2 Å². The number of carbonyl (C=O) groups is 1. The minimum Gasteiger partial charge on any atom is -0.336 e. The van der Waals surface area contributed by atoms with Crippen molar-refractivity contribution in [3.05, 3.63) is 33.8 Å². The van der Waals surface area contributed by atoms with E-state index in [4.69, 9.17) is 28.5 Å². The minimum absolute atomic E-state index is 0.137. The lowest BCUT2D eigenvalue weighted by Crippen LogP contribution is -2.36. The van der Waals surface area contributed by atoms with E-state index in [2.05, 4.69) is 5.32 Å². The molecule has 1 atom stereocenters. The van der Waals surface area contributed by atoms with Crippen LogP contribution in [0.2, 0.25) is 10.0 Å². The van der Waals surface area contributed by atoms with Crippen molar-refractivity contribution in [2.24, 2.45) is 0 Å². The zero-order chi connectivity index (χ0) is 15.3. The number of hydrogen-bond donors (Lipinski definition) is 2. The van der Waals surface area contributed by atoms with Gasteiger partial charge in [0, 0.05) is 5.56 Å². The maximum atomic E-state index is 11.6. The summed E-state index contributed by atoms with van der Waals surface area (Å²) in [5.74, 6) is -1.60. The maximum absolute atomic E-state index is 11.6. The number of nitrogens with zero attached hydrogens (tertiary/aromatic N) is 1. The van der Waals surface area contributed by atoms with E-state index >= 15 is 0 Å². The van der Waals surface area contributed by atoms with Crippen LogP contribution in [0.25, 0.3) is 0 Å². The molecule has 0 aliphatic rings. The average Bonchev–Trinajstić information content (AvgIpc) is 2.39. The van der Waals surface area contributed by atoms with Crippen LogP contribution >= 0.6 is 23.2 Å². The predicted octanol–water partition coefficient (Wildman–Crippen LogP) is 1.22. The minimum atomic E-state index is -3.70. The average molecular weight is 336 g/mol. The second-order valence-electron chi connectivity index (χ2n) is 3.74. The third-order valence-electron chi connectivity index (χ3n) is 2.36. The van der Waals surface area contributed by atoms with Gasteiger partial charge in [-0.1, -0.05) is 35.3 Å². The van der Waals surface area contributed by atoms with Crippen LogP contribution in [0.3, 0.4) is 0 Å². The predicted molar refractivity (Wildman–Crippen MR) is 75.8 cm³/mol. The lowest BCUT2D eigenvalue weighted by molar-refractivity contribution is -0.119. The standard InChI is InChI=1S/C11H11Cl2N3O3S/c1-15-20(18,19)6-10(17)16-9(5-14)7-3-2-4-8(12)11(7)13/h2-4,9,15H,6H2,1H3,(H,16,17)/t9-/m0/s1. The van der Waals surface area contributed by atoms with Crippen LogP contribution in [-0.4, -0.2) is 27.1 Å². The van der Waals surface area contributed by atoms with Gasteiger partial charge in [0.25, 0.3) is 0 Å². The highest BCUT2D eigenvalue weighted by Gasteiger charge is 2.21. The first kappa shape index (κ1) is 16.7. The number of sulfonamides is 1. The fraction of sp³-hybridized carbons (Fsp3) is 0.273. The van der Waals surface area contributed by atoms with Crippen molar-refractivity contribution in [3.8, 4) is 6.07 Å². The molecule has 108 valence electrons. The number of carbonyl (C=O) groups excluding carboxylic acids is 1. The highest BCUT2D eigenvalue weighted by molar-refractivity contribution is 7.90. The van der Waals surface area contributed by atoms with E-state index in [9.17, 15) is 13.2 Å². The summed E-state index contributed by atoms with van der Waals surface area (Å²) in [6, 6.07) is 5.38. The van der Waals surface area contributed by atoms with Crippen LogP contribution in [0.4, 0.5) is 0 Å². The quantitative estimate of drug-likeness (QED) is 0.845. The van der Waals surface area contributed by atoms with E-state index in [1.807, 2.05) is 10.8 Å². The molecule has 0 aliphatic heterocycles. The molecule has 0 spiro atoms. The van der Waals surface area contributed by atoms with Gasteiger partial charge in [-0.05, 0) is 13.1 Å². The van der Waals surface area contributed by atoms with E-state index in [0.717, 1.165) is 0 Å². The van der Waals surface area contributed by atoms with Gasteiger partial charge in [0.2, 0.25) is 15.9 Å². The van der Waals surface area contributed by atoms with Crippen LogP contribution < -0.4 is 10.0 Å². The Morgan fingerprint density at radius 2 is 2.10 bits per heavy atom. The number of rotatable bonds is 5. The Kier molecular flexibility index (Phi) is 5.77. The zero-order valence-electron chi connectivity index (χ0n) is 10.4. The topological polar surface area (TPSA) is 99.1 Å². The van der Waals surface area contributed by atoms with Crippen molar-refractivity contribution in [1.82, 2.24) is 10.0 Å². The number of nitriles is 1. The molecule has 1 aromatic rings. The summed E-state index contributed by atoms with van der Waals surface area (Å²) in [4.78, 5) is 11.6. The normalized spacial score (nSPS) is 12.5. The molecule has 6 nitrogen and oxygen atoms in total. The largest absolute Gasteiger partial charge is 0.336 e. The van der Waals surface area contributed by atoms with Gasteiger partial charge in [0.05, 0.1) is 16.1 Å². The first-order valence-electron chi connectivity index (χ1n) is 5.35. The Balaban J connectivity index is 2.92. The number of hydrogen-bond acceptors (Lipinski definition) is 4. The third-order valence-corrected chi connectivity index (χ3v) is 4.46. The lowest BCUT2D eigenvalue weighted by atomic mass is 10.1. The Bertz CT molecular complexity index is 655. The molecule has 9 heteroatoms. The SMILES string of the molecule is CNS(=O)(=O)CC(=O)N[C@@H](C#N)c1cccc(Cl)c1Cl. The molecule has 0 aliphatic carbocycles. The number of amides is 1. The number of benzene rings is 1. The first-order chi connectivity index (χ1) is 9.30. The molecule has 2 N–H and O–H groups in total. The van der Waals surface area contributed by atoms with E-state index in [1.54, 1.807) is 6.07 Å². The number of nitrogens with one attached hydrogen (secondary N) is 2. The molecule has 0 bridgehead atoms. The highest BCUT2D eigenvalue weighted by Crippen LogP contribution is 2.29. The summed E-state index contributed by atoms with van der Waals surface area (Å²) in [5.41, 5.74) is 0.303. The summed E-state index contributed by atoms with van der Waals surface area (Å²) in [5, 5.41) is 11.7. The van der Waals surface area contributed by atoms with Crippen LogP contribution in [0.1, 0.15) is 11.6 Å². The molecule has 1 amide bonds. The molecule has 0 heterocycles. The summed E-state index contributed by atoms with van der Waals surface area (Å²) in [6.07, 6.45) is 0. The molecule has 0 fully saturated rings. The molecular weight excluding hydrogens is 325 g/mol. The Morgan fingerprint density at radius 3 is 2.65 bits per heavy atom. The second-order valence-corrected chi connectivity index (χ2v) is 6.45. The van der Waals surface area contributed by atoms with Gasteiger partial charge in [0.1, 0.15) is 11.8 Å². The summed E-state index contributed by atoms with van der Waals surface area (Å²) in [6.45, 7) is 0. The van der Waals surface area contributed by atoms with E-state index < -0.39 is 27.7 Å². The Labute approximate surface area is 126 Å². The molecule has 1 aromatic carbocycles. The highest BCUT2D eigenvalue weighted by atomic mass is 35.5. The zero-order valence-corrected chi connectivity index (χ0v) is 12.7. The molecular formula is C11H11Cl2N3O3S. The summed E-state index contributed by atoms with van der Waals surface area (Å²) in [7, 11) is -2.51. The van der Waals surface area contributed by atoms with Gasteiger partial charge in [0.15, 0.2) is 0 Å². The molecule has 0 saturated carbocycles. The smallest absolute Gasteiger partial charge is 0.237 e. The molecule has 20 heavy (non-hydrogen) atoms. The van der Waals surface area contributed by atoms with Crippen molar-refractivity contribution in [2.45, 2.75) is 6.04 Å². The second kappa shape index (κ2) is 6.90. The van der Waals surface area contributed by atoms with Crippen molar-refractivity contribution in [3.63, 3.8) is 0 Å². The van der Waals surface area contributed by atoms with E-state index in [0.29, 0.717) is 5.56 Å². The van der Waals surface area contributed by atoms with Crippen LogP contribution in [-0.2, 0) is 14.8 Å². The molecule has 0 radical (unpaired) electrons. The van der Waals surface area contributed by atoms with Crippen molar-refractivity contribution in [2.75, 3.05) is 12.8 Å². The van der Waals surface area contributed by atoms with E-state index in [-0.39, 0.29) is 10.0 Å². The maximum Gasteiger partial charge on any atom is 0.237 e. The van der Waals surface area contributed by atoms with Gasteiger partial charge in [-0.3, -0.25) is 4.79 Å². The molecule has 1 rings (SSSR count). The van der Waals surface area contributed by atoms with Crippen LogP contribution in [0, 0.1) is 11.3 Å². The Morgan fingerprint density at radius 1 is 1.45 bits per heavy atom. The Hall–Kier alpha value is -1.33. The van der Waals surface area contributed by atoms with Crippen molar-refractivity contribution in [1.29, 1.82) is 5.26 Å². The van der Waals surface area contributed by atoms with Crippen molar-refractivity contribution >= 4 is 39.1 Å². The fourth-order valence-corrected chi connectivity index (χ4v) is 2.36. The van der Waals surface area contributed by atoms with Crippen LogP contribution in [0.5, 0.6) is 0 Å². The monoisotopic (exact) mass is 335 g/mol. The van der Waals surface area contributed by atoms with Crippen molar-refractivity contribution < 1.29 is 13.2 Å². The van der Waals surface area contributed by atoms with Gasteiger partial charge in [-0.15, -0.1) is 0 Å². The van der Waals surface area contributed by atoms with E-state index in [1.165, 1.54) is 19.2 Å². The van der Waals surface area contributed by atoms with Gasteiger partial charge >= 0.3 is 0 Å². The molecule has 0 saturated heterocycles. The first-order valence-corrected chi connectivity index (χ1v) is 7.75. The number of halogens is 2. The molecule has 0 aromatic heterocycles. The van der Waals surface area contributed by atoms with Gasteiger partial charge in [-0.25, -0.2) is 13.1 Å².